The second kappa shape index (κ2) is 12.1. The number of halogens is 2. The summed E-state index contributed by atoms with van der Waals surface area (Å²) in [5, 5.41) is 6.56. The van der Waals surface area contributed by atoms with Crippen molar-refractivity contribution < 1.29 is 9.13 Å². The molecular formula is C22H30FIN4O. The Labute approximate surface area is 189 Å². The molecule has 0 saturated carbocycles. The Bertz CT molecular complexity index is 809. The van der Waals surface area contributed by atoms with E-state index in [4.69, 9.17) is 4.74 Å². The lowest BCUT2D eigenvalue weighted by atomic mass is 10.1. The molecule has 0 spiro atoms. The van der Waals surface area contributed by atoms with Crippen LogP contribution in [0.3, 0.4) is 0 Å². The van der Waals surface area contributed by atoms with Gasteiger partial charge in [0.1, 0.15) is 5.82 Å². The molecule has 7 heteroatoms. The van der Waals surface area contributed by atoms with E-state index in [-0.39, 0.29) is 29.8 Å². The van der Waals surface area contributed by atoms with Gasteiger partial charge in [-0.15, -0.1) is 24.0 Å². The Morgan fingerprint density at radius 2 is 1.69 bits per heavy atom. The van der Waals surface area contributed by atoms with Crippen LogP contribution < -0.4 is 10.6 Å². The number of guanidine groups is 1. The molecule has 3 rings (SSSR count). The highest BCUT2D eigenvalue weighted by atomic mass is 127. The molecule has 1 fully saturated rings. The first-order valence-electron chi connectivity index (χ1n) is 9.71. The first-order chi connectivity index (χ1) is 13.6. The summed E-state index contributed by atoms with van der Waals surface area (Å²) >= 11 is 0. The van der Waals surface area contributed by atoms with Gasteiger partial charge in [0.2, 0.25) is 0 Å². The van der Waals surface area contributed by atoms with Crippen LogP contribution in [-0.4, -0.2) is 44.2 Å². The molecule has 0 amide bonds. The van der Waals surface area contributed by atoms with E-state index in [9.17, 15) is 4.39 Å². The predicted molar refractivity (Wildman–Crippen MR) is 126 cm³/mol. The van der Waals surface area contributed by atoms with E-state index in [1.807, 2.05) is 6.07 Å². The lowest BCUT2D eigenvalue weighted by Crippen LogP contribution is -2.36. The Morgan fingerprint density at radius 1 is 1.03 bits per heavy atom. The highest BCUT2D eigenvalue weighted by Crippen LogP contribution is 2.11. The van der Waals surface area contributed by atoms with Crippen LogP contribution in [0.5, 0.6) is 0 Å². The molecule has 2 aromatic rings. The number of rotatable bonds is 6. The van der Waals surface area contributed by atoms with Crippen LogP contribution in [-0.2, 0) is 24.4 Å². The summed E-state index contributed by atoms with van der Waals surface area (Å²) in [4.78, 5) is 6.67. The van der Waals surface area contributed by atoms with Crippen LogP contribution in [0.4, 0.5) is 4.39 Å². The van der Waals surface area contributed by atoms with E-state index < -0.39 is 0 Å². The average molecular weight is 512 g/mol. The number of hydrogen-bond acceptors (Lipinski definition) is 3. The third kappa shape index (κ3) is 7.56. The van der Waals surface area contributed by atoms with E-state index in [1.165, 1.54) is 11.1 Å². The first-order valence-corrected chi connectivity index (χ1v) is 9.71. The van der Waals surface area contributed by atoms with Crippen molar-refractivity contribution >= 4 is 29.9 Å². The van der Waals surface area contributed by atoms with Gasteiger partial charge in [0.15, 0.2) is 5.96 Å². The van der Waals surface area contributed by atoms with Gasteiger partial charge in [-0.25, -0.2) is 4.39 Å². The Morgan fingerprint density at radius 3 is 2.34 bits per heavy atom. The second-order valence-electron chi connectivity index (χ2n) is 7.07. The topological polar surface area (TPSA) is 48.9 Å². The van der Waals surface area contributed by atoms with Gasteiger partial charge in [-0.3, -0.25) is 9.89 Å². The lowest BCUT2D eigenvalue weighted by Gasteiger charge is -2.26. The normalized spacial score (nSPS) is 14.9. The van der Waals surface area contributed by atoms with Gasteiger partial charge in [0.25, 0.3) is 0 Å². The summed E-state index contributed by atoms with van der Waals surface area (Å²) in [5.74, 6) is 0.513. The lowest BCUT2D eigenvalue weighted by molar-refractivity contribution is 0.0342. The average Bonchev–Trinajstić information content (AvgIpc) is 2.72. The number of aryl methyl sites for hydroxylation is 1. The number of hydrogen-bond donors (Lipinski definition) is 2. The fraction of sp³-hybridized carbons (Fsp3) is 0.409. The molecule has 1 aliphatic rings. The van der Waals surface area contributed by atoms with Crippen molar-refractivity contribution in [1.29, 1.82) is 0 Å². The Kier molecular flexibility index (Phi) is 9.83. The number of nitrogens with one attached hydrogen (secondary N) is 2. The van der Waals surface area contributed by atoms with Crippen LogP contribution in [0.1, 0.15) is 22.3 Å². The van der Waals surface area contributed by atoms with Crippen molar-refractivity contribution in [3.63, 3.8) is 0 Å². The summed E-state index contributed by atoms with van der Waals surface area (Å²) in [6.45, 7) is 7.51. The molecule has 1 aliphatic heterocycles. The quantitative estimate of drug-likeness (QED) is 0.354. The highest BCUT2D eigenvalue weighted by molar-refractivity contribution is 14.0. The third-order valence-electron chi connectivity index (χ3n) is 4.88. The molecular weight excluding hydrogens is 482 g/mol. The van der Waals surface area contributed by atoms with Gasteiger partial charge in [0.05, 0.1) is 13.2 Å². The van der Waals surface area contributed by atoms with E-state index in [1.54, 1.807) is 26.1 Å². The zero-order valence-electron chi connectivity index (χ0n) is 17.1. The van der Waals surface area contributed by atoms with E-state index in [0.717, 1.165) is 38.4 Å². The molecule has 0 atom stereocenters. The Hall–Kier alpha value is -1.71. The standard InChI is InChI=1S/C22H29FN4O.HI/c1-17-6-7-19(13-21(17)23)15-26-22(24-2)25-14-18-4-3-5-20(12-18)16-27-8-10-28-11-9-27;/h3-7,12-13H,8-11,14-16H2,1-2H3,(H2,24,25,26);1H. The molecule has 2 N–H and O–H groups in total. The minimum atomic E-state index is -0.181. The SMILES string of the molecule is CN=C(NCc1cccc(CN2CCOCC2)c1)NCc1ccc(C)c(F)c1.I. The van der Waals surface area contributed by atoms with Crippen LogP contribution in [0.25, 0.3) is 0 Å². The molecule has 0 radical (unpaired) electrons. The first kappa shape index (κ1) is 23.6. The molecule has 29 heavy (non-hydrogen) atoms. The van der Waals surface area contributed by atoms with Crippen molar-refractivity contribution in [3.05, 3.63) is 70.5 Å². The highest BCUT2D eigenvalue weighted by Gasteiger charge is 2.10. The van der Waals surface area contributed by atoms with Gasteiger partial charge in [-0.1, -0.05) is 36.4 Å². The summed E-state index contributed by atoms with van der Waals surface area (Å²) < 4.78 is 19.1. The minimum absolute atomic E-state index is 0. The van der Waals surface area contributed by atoms with Crippen LogP contribution in [0.15, 0.2) is 47.5 Å². The molecule has 158 valence electrons. The van der Waals surface area contributed by atoms with E-state index in [2.05, 4.69) is 44.8 Å². The molecule has 1 saturated heterocycles. The maximum Gasteiger partial charge on any atom is 0.191 e. The number of ether oxygens (including phenoxy) is 1. The number of aliphatic imine (C=N–C) groups is 1. The molecule has 5 nitrogen and oxygen atoms in total. The van der Waals surface area contributed by atoms with Crippen LogP contribution in [0, 0.1) is 12.7 Å². The maximum absolute atomic E-state index is 13.7. The molecule has 0 unspecified atom stereocenters. The van der Waals surface area contributed by atoms with Gasteiger partial charge in [-0.05, 0) is 35.2 Å². The van der Waals surface area contributed by atoms with Crippen molar-refractivity contribution in [2.24, 2.45) is 4.99 Å². The van der Waals surface area contributed by atoms with Crippen LogP contribution in [0.2, 0.25) is 0 Å². The number of benzene rings is 2. The molecule has 0 aliphatic carbocycles. The summed E-state index contributed by atoms with van der Waals surface area (Å²) in [7, 11) is 1.74. The predicted octanol–water partition coefficient (Wildman–Crippen LogP) is 3.45. The summed E-state index contributed by atoms with van der Waals surface area (Å²) in [6.07, 6.45) is 0. The molecule has 0 bridgehead atoms. The fourth-order valence-electron chi connectivity index (χ4n) is 3.19. The van der Waals surface area contributed by atoms with Crippen molar-refractivity contribution in [2.75, 3.05) is 33.4 Å². The summed E-state index contributed by atoms with van der Waals surface area (Å²) in [6, 6.07) is 13.9. The zero-order chi connectivity index (χ0) is 19.8. The van der Waals surface area contributed by atoms with Crippen molar-refractivity contribution in [3.8, 4) is 0 Å². The smallest absolute Gasteiger partial charge is 0.191 e. The maximum atomic E-state index is 13.7. The van der Waals surface area contributed by atoms with Crippen molar-refractivity contribution in [2.45, 2.75) is 26.6 Å². The Balaban J connectivity index is 0.00000300. The van der Waals surface area contributed by atoms with Gasteiger partial charge >= 0.3 is 0 Å². The van der Waals surface area contributed by atoms with Gasteiger partial charge in [0, 0.05) is 39.8 Å². The third-order valence-corrected chi connectivity index (χ3v) is 4.88. The second-order valence-corrected chi connectivity index (χ2v) is 7.07. The largest absolute Gasteiger partial charge is 0.379 e. The summed E-state index contributed by atoms with van der Waals surface area (Å²) in [5.41, 5.74) is 4.05. The van der Waals surface area contributed by atoms with Gasteiger partial charge < -0.3 is 15.4 Å². The van der Waals surface area contributed by atoms with E-state index in [0.29, 0.717) is 24.6 Å². The molecule has 1 heterocycles. The van der Waals surface area contributed by atoms with E-state index >= 15 is 0 Å². The molecule has 2 aromatic carbocycles. The molecule has 0 aromatic heterocycles. The van der Waals surface area contributed by atoms with Crippen molar-refractivity contribution in [1.82, 2.24) is 15.5 Å². The number of morpholine rings is 1. The monoisotopic (exact) mass is 512 g/mol. The number of nitrogens with zero attached hydrogens (tertiary/aromatic N) is 2. The fourth-order valence-corrected chi connectivity index (χ4v) is 3.19. The van der Waals surface area contributed by atoms with Crippen LogP contribution >= 0.6 is 24.0 Å². The van der Waals surface area contributed by atoms with Gasteiger partial charge in [-0.2, -0.15) is 0 Å². The zero-order valence-corrected chi connectivity index (χ0v) is 19.4. The minimum Gasteiger partial charge on any atom is -0.379 e.